The molecule has 27 heavy (non-hydrogen) atoms. The van der Waals surface area contributed by atoms with Crippen molar-refractivity contribution in [3.05, 3.63) is 16.3 Å². The SMILES string of the molecule is C[C@H]1CCc2c(sc3nc(C[NH+]4CCOCC4)nc(N(C)CCC#N)c23)C1. The van der Waals surface area contributed by atoms with Crippen molar-refractivity contribution in [3.63, 3.8) is 0 Å². The zero-order valence-electron chi connectivity index (χ0n) is 16.3. The highest BCUT2D eigenvalue weighted by molar-refractivity contribution is 7.19. The van der Waals surface area contributed by atoms with E-state index in [-0.39, 0.29) is 0 Å². The zero-order chi connectivity index (χ0) is 18.8. The molecule has 0 spiro atoms. The van der Waals surface area contributed by atoms with Gasteiger partial charge in [-0.05, 0) is 30.7 Å². The fraction of sp³-hybridized carbons (Fsp3) is 0.650. The number of hydrogen-bond donors (Lipinski definition) is 1. The van der Waals surface area contributed by atoms with Crippen molar-refractivity contribution in [3.8, 4) is 6.07 Å². The molecule has 1 saturated heterocycles. The minimum Gasteiger partial charge on any atom is -0.370 e. The summed E-state index contributed by atoms with van der Waals surface area (Å²) in [6.07, 6.45) is 4.02. The van der Waals surface area contributed by atoms with E-state index in [1.807, 2.05) is 11.3 Å². The molecule has 1 atom stereocenters. The molecule has 2 aromatic rings. The van der Waals surface area contributed by atoms with E-state index in [0.29, 0.717) is 13.0 Å². The molecule has 2 aromatic heterocycles. The molecule has 4 rings (SSSR count). The number of fused-ring (bicyclic) bond motifs is 3. The molecular weight excluding hydrogens is 358 g/mol. The van der Waals surface area contributed by atoms with Gasteiger partial charge in [-0.15, -0.1) is 11.3 Å². The number of ether oxygens (including phenoxy) is 1. The van der Waals surface area contributed by atoms with Crippen LogP contribution in [0.25, 0.3) is 10.2 Å². The van der Waals surface area contributed by atoms with Gasteiger partial charge in [0.15, 0.2) is 5.82 Å². The second-order valence-corrected chi connectivity index (χ2v) is 8.95. The molecule has 0 bridgehead atoms. The summed E-state index contributed by atoms with van der Waals surface area (Å²) < 4.78 is 5.48. The zero-order valence-corrected chi connectivity index (χ0v) is 17.1. The third kappa shape index (κ3) is 3.93. The van der Waals surface area contributed by atoms with Crippen LogP contribution in [0.1, 0.15) is 36.0 Å². The van der Waals surface area contributed by atoms with Gasteiger partial charge in [0.1, 0.15) is 30.3 Å². The van der Waals surface area contributed by atoms with Crippen molar-refractivity contribution in [1.82, 2.24) is 9.97 Å². The molecule has 6 nitrogen and oxygen atoms in total. The highest BCUT2D eigenvalue weighted by Crippen LogP contribution is 2.40. The maximum Gasteiger partial charge on any atom is 0.187 e. The number of anilines is 1. The van der Waals surface area contributed by atoms with Crippen LogP contribution in [0.15, 0.2) is 0 Å². The van der Waals surface area contributed by atoms with Gasteiger partial charge in [-0.1, -0.05) is 6.92 Å². The van der Waals surface area contributed by atoms with E-state index in [1.165, 1.54) is 27.1 Å². The molecule has 7 heteroatoms. The second-order valence-electron chi connectivity index (χ2n) is 7.86. The Kier molecular flexibility index (Phi) is 5.58. The van der Waals surface area contributed by atoms with Crippen LogP contribution in [-0.2, 0) is 24.1 Å². The summed E-state index contributed by atoms with van der Waals surface area (Å²) in [6.45, 7) is 7.55. The summed E-state index contributed by atoms with van der Waals surface area (Å²) in [5.74, 6) is 2.69. The Morgan fingerprint density at radius 3 is 2.93 bits per heavy atom. The topological polar surface area (TPSA) is 66.5 Å². The Morgan fingerprint density at radius 1 is 1.33 bits per heavy atom. The monoisotopic (exact) mass is 386 g/mol. The predicted octanol–water partition coefficient (Wildman–Crippen LogP) is 1.58. The van der Waals surface area contributed by atoms with E-state index < -0.39 is 0 Å². The van der Waals surface area contributed by atoms with E-state index in [9.17, 15) is 0 Å². The number of aryl methyl sites for hydroxylation is 1. The van der Waals surface area contributed by atoms with Gasteiger partial charge in [0, 0.05) is 18.5 Å². The Hall–Kier alpha value is -1.75. The molecule has 0 radical (unpaired) electrons. The van der Waals surface area contributed by atoms with Gasteiger partial charge in [-0.3, -0.25) is 0 Å². The van der Waals surface area contributed by atoms with Gasteiger partial charge >= 0.3 is 0 Å². The van der Waals surface area contributed by atoms with E-state index in [2.05, 4.69) is 24.9 Å². The molecule has 1 fully saturated rings. The highest BCUT2D eigenvalue weighted by atomic mass is 32.1. The van der Waals surface area contributed by atoms with Gasteiger partial charge in [-0.25, -0.2) is 9.97 Å². The van der Waals surface area contributed by atoms with Crippen molar-refractivity contribution in [1.29, 1.82) is 5.26 Å². The van der Waals surface area contributed by atoms with Crippen LogP contribution in [0, 0.1) is 17.2 Å². The van der Waals surface area contributed by atoms with E-state index in [4.69, 9.17) is 20.0 Å². The van der Waals surface area contributed by atoms with Gasteiger partial charge in [-0.2, -0.15) is 5.26 Å². The number of nitriles is 1. The van der Waals surface area contributed by atoms with Crippen molar-refractivity contribution in [2.24, 2.45) is 5.92 Å². The lowest BCUT2D eigenvalue weighted by molar-refractivity contribution is -0.922. The number of morpholine rings is 1. The van der Waals surface area contributed by atoms with E-state index >= 15 is 0 Å². The minimum atomic E-state index is 0.509. The quantitative estimate of drug-likeness (QED) is 0.845. The number of quaternary nitrogens is 1. The maximum atomic E-state index is 9.00. The summed E-state index contributed by atoms with van der Waals surface area (Å²) in [5.41, 5.74) is 1.46. The van der Waals surface area contributed by atoms with Gasteiger partial charge in [0.2, 0.25) is 0 Å². The molecule has 0 amide bonds. The highest BCUT2D eigenvalue weighted by Gasteiger charge is 2.26. The fourth-order valence-corrected chi connectivity index (χ4v) is 5.50. The third-order valence-corrected chi connectivity index (χ3v) is 6.86. The van der Waals surface area contributed by atoms with Crippen molar-refractivity contribution in [2.45, 2.75) is 39.2 Å². The Bertz CT molecular complexity index is 852. The summed E-state index contributed by atoms with van der Waals surface area (Å²) in [6, 6.07) is 2.26. The smallest absolute Gasteiger partial charge is 0.187 e. The summed E-state index contributed by atoms with van der Waals surface area (Å²) >= 11 is 1.86. The van der Waals surface area contributed by atoms with Crippen LogP contribution in [0.4, 0.5) is 5.82 Å². The standard InChI is InChI=1S/C20H27N5OS/c1-14-4-5-15-16(12-14)27-20-18(15)19(24(2)7-3-6-21)22-17(23-20)13-25-8-10-26-11-9-25/h14H,3-5,7-13H2,1-2H3/p+1/t14-/m0/s1. The van der Waals surface area contributed by atoms with E-state index in [0.717, 1.165) is 68.1 Å². The number of aromatic nitrogens is 2. The average molecular weight is 387 g/mol. The van der Waals surface area contributed by atoms with Gasteiger partial charge in [0.25, 0.3) is 0 Å². The number of thiophene rings is 1. The van der Waals surface area contributed by atoms with Gasteiger partial charge < -0.3 is 14.5 Å². The molecule has 2 aliphatic rings. The molecule has 144 valence electrons. The molecule has 1 aliphatic carbocycles. The number of nitrogens with one attached hydrogen (secondary N) is 1. The summed E-state index contributed by atoms with van der Waals surface area (Å²) in [7, 11) is 2.06. The normalized spacial score (nSPS) is 20.4. The Labute approximate surface area is 164 Å². The molecule has 0 saturated carbocycles. The number of rotatable bonds is 5. The lowest BCUT2D eigenvalue weighted by Gasteiger charge is -2.24. The van der Waals surface area contributed by atoms with Crippen LogP contribution in [0.3, 0.4) is 0 Å². The maximum absolute atomic E-state index is 9.00. The van der Waals surface area contributed by atoms with Crippen molar-refractivity contribution < 1.29 is 9.64 Å². The van der Waals surface area contributed by atoms with Crippen LogP contribution >= 0.6 is 11.3 Å². The first kappa shape index (κ1) is 18.6. The number of hydrogen-bond acceptors (Lipinski definition) is 6. The Morgan fingerprint density at radius 2 is 2.15 bits per heavy atom. The Balaban J connectivity index is 1.73. The number of nitrogens with zero attached hydrogens (tertiary/aromatic N) is 4. The molecule has 0 aromatic carbocycles. The van der Waals surface area contributed by atoms with Crippen LogP contribution in [0.2, 0.25) is 0 Å². The first-order valence-corrected chi connectivity index (χ1v) is 10.8. The average Bonchev–Trinajstić information content (AvgIpc) is 3.03. The molecule has 1 aliphatic heterocycles. The van der Waals surface area contributed by atoms with Crippen LogP contribution in [-0.4, -0.2) is 49.9 Å². The lowest BCUT2D eigenvalue weighted by atomic mass is 9.89. The summed E-state index contributed by atoms with van der Waals surface area (Å²) in [4.78, 5) is 16.2. The van der Waals surface area contributed by atoms with Crippen LogP contribution in [0.5, 0.6) is 0 Å². The molecule has 0 unspecified atom stereocenters. The first-order chi connectivity index (χ1) is 13.2. The van der Waals surface area contributed by atoms with E-state index in [1.54, 1.807) is 0 Å². The summed E-state index contributed by atoms with van der Waals surface area (Å²) in [5, 5.41) is 10.2. The lowest BCUT2D eigenvalue weighted by Crippen LogP contribution is -3.12. The van der Waals surface area contributed by atoms with Crippen molar-refractivity contribution >= 4 is 27.4 Å². The van der Waals surface area contributed by atoms with Crippen molar-refractivity contribution in [2.75, 3.05) is 44.8 Å². The largest absolute Gasteiger partial charge is 0.370 e. The molecular formula is C20H28N5OS+. The predicted molar refractivity (Wildman–Crippen MR) is 107 cm³/mol. The fourth-order valence-electron chi connectivity index (χ4n) is 4.11. The minimum absolute atomic E-state index is 0.509. The molecule has 1 N–H and O–H groups in total. The van der Waals surface area contributed by atoms with Gasteiger partial charge in [0.05, 0.1) is 31.1 Å². The first-order valence-electron chi connectivity index (χ1n) is 9.96. The molecule has 3 heterocycles. The third-order valence-electron chi connectivity index (χ3n) is 5.71. The van der Waals surface area contributed by atoms with Crippen LogP contribution < -0.4 is 9.80 Å². The second kappa shape index (κ2) is 8.09.